The van der Waals surface area contributed by atoms with Crippen LogP contribution in [0.2, 0.25) is 0 Å². The van der Waals surface area contributed by atoms with Gasteiger partial charge in [0.15, 0.2) is 0 Å². The minimum absolute atomic E-state index is 0.0425. The first kappa shape index (κ1) is 24.1. The van der Waals surface area contributed by atoms with Crippen LogP contribution >= 0.6 is 0 Å². The van der Waals surface area contributed by atoms with Crippen LogP contribution in [0.3, 0.4) is 0 Å². The van der Waals surface area contributed by atoms with Crippen molar-refractivity contribution in [3.63, 3.8) is 0 Å². The number of fused-ring (bicyclic) bond motifs is 1. The molecule has 2 aromatic rings. The molecule has 0 atom stereocenters. The molecule has 2 aromatic carbocycles. The number of benzene rings is 2. The molecule has 0 bridgehead atoms. The Balaban J connectivity index is 2.91. The van der Waals surface area contributed by atoms with E-state index in [0.717, 1.165) is 18.2 Å². The third-order valence-electron chi connectivity index (χ3n) is 4.59. The van der Waals surface area contributed by atoms with Crippen molar-refractivity contribution in [1.29, 1.82) is 0 Å². The standard InChI is InChI=1S/C17H9F13/c18-13(19,14(20,21)17(28,29)30)12(15(22,23)24,16(25,26)27)8-10-6-3-5-9-4-1-2-7-11(9)10/h1-7H,8H2. The first-order chi connectivity index (χ1) is 13.3. The minimum atomic E-state index is -7.64. The molecule has 0 saturated heterocycles. The normalized spacial score (nSPS) is 15.0. The lowest BCUT2D eigenvalue weighted by atomic mass is 9.71. The van der Waals surface area contributed by atoms with Crippen molar-refractivity contribution in [2.45, 2.75) is 36.8 Å². The summed E-state index contributed by atoms with van der Waals surface area (Å²) in [6, 6.07) is 7.03. The van der Waals surface area contributed by atoms with Crippen LogP contribution in [-0.2, 0) is 6.42 Å². The zero-order valence-corrected chi connectivity index (χ0v) is 14.2. The highest BCUT2D eigenvalue weighted by Gasteiger charge is 2.91. The monoisotopic (exact) mass is 460 g/mol. The molecular formula is C17H9F13. The summed E-state index contributed by atoms with van der Waals surface area (Å²) in [5.74, 6) is -15.3. The molecule has 0 spiro atoms. The van der Waals surface area contributed by atoms with E-state index in [0.29, 0.717) is 6.07 Å². The molecule has 0 radical (unpaired) electrons. The first-order valence-corrected chi connectivity index (χ1v) is 7.74. The molecule has 0 aliphatic heterocycles. The summed E-state index contributed by atoms with van der Waals surface area (Å²) in [7, 11) is 0. The van der Waals surface area contributed by atoms with Gasteiger partial charge in [0, 0.05) is 6.42 Å². The average molecular weight is 460 g/mol. The fourth-order valence-corrected chi connectivity index (χ4v) is 3.01. The third kappa shape index (κ3) is 3.35. The Morgan fingerprint density at radius 3 is 1.43 bits per heavy atom. The van der Waals surface area contributed by atoms with Crippen LogP contribution in [0.5, 0.6) is 0 Å². The van der Waals surface area contributed by atoms with E-state index in [1.807, 2.05) is 0 Å². The second-order valence-corrected chi connectivity index (χ2v) is 6.36. The molecule has 0 unspecified atom stereocenters. The molecular weight excluding hydrogens is 451 g/mol. The van der Waals surface area contributed by atoms with Crippen molar-refractivity contribution in [2.24, 2.45) is 5.41 Å². The summed E-state index contributed by atoms with van der Waals surface area (Å²) in [5.41, 5.74) is -7.88. The van der Waals surface area contributed by atoms with E-state index in [4.69, 9.17) is 0 Å². The molecule has 0 saturated carbocycles. The van der Waals surface area contributed by atoms with Crippen LogP contribution in [0.15, 0.2) is 42.5 Å². The van der Waals surface area contributed by atoms with Crippen molar-refractivity contribution in [1.82, 2.24) is 0 Å². The summed E-state index contributed by atoms with van der Waals surface area (Å²) in [6.07, 6.45) is -24.8. The zero-order valence-electron chi connectivity index (χ0n) is 14.2. The van der Waals surface area contributed by atoms with Gasteiger partial charge in [-0.1, -0.05) is 42.5 Å². The van der Waals surface area contributed by atoms with Gasteiger partial charge in [0.2, 0.25) is 5.41 Å². The Morgan fingerprint density at radius 2 is 0.967 bits per heavy atom. The van der Waals surface area contributed by atoms with Gasteiger partial charge in [0.05, 0.1) is 0 Å². The summed E-state index contributed by atoms with van der Waals surface area (Å²) in [5, 5.41) is -0.497. The molecule has 0 aliphatic carbocycles. The molecule has 13 heteroatoms. The van der Waals surface area contributed by atoms with Gasteiger partial charge in [-0.05, 0) is 16.3 Å². The van der Waals surface area contributed by atoms with Crippen LogP contribution in [-0.4, -0.2) is 30.4 Å². The van der Waals surface area contributed by atoms with Crippen molar-refractivity contribution < 1.29 is 57.1 Å². The molecule has 0 aliphatic rings. The molecule has 0 aromatic heterocycles. The number of alkyl halides is 13. The summed E-state index contributed by atoms with van der Waals surface area (Å²) in [6.45, 7) is 0. The number of hydrogen-bond donors (Lipinski definition) is 0. The highest BCUT2D eigenvalue weighted by atomic mass is 19.4. The smallest absolute Gasteiger partial charge is 0.198 e. The van der Waals surface area contributed by atoms with Gasteiger partial charge in [-0.2, -0.15) is 57.1 Å². The van der Waals surface area contributed by atoms with Crippen LogP contribution in [0.4, 0.5) is 57.1 Å². The quantitative estimate of drug-likeness (QED) is 0.420. The minimum Gasteiger partial charge on any atom is -0.198 e. The molecule has 0 amide bonds. The first-order valence-electron chi connectivity index (χ1n) is 7.74. The lowest BCUT2D eigenvalue weighted by Crippen LogP contribution is -2.71. The van der Waals surface area contributed by atoms with E-state index in [1.54, 1.807) is 0 Å². The Labute approximate surface area is 159 Å². The van der Waals surface area contributed by atoms with E-state index >= 15 is 0 Å². The molecule has 0 fully saturated rings. The van der Waals surface area contributed by atoms with Crippen molar-refractivity contribution in [3.05, 3.63) is 48.0 Å². The van der Waals surface area contributed by atoms with Crippen LogP contribution < -0.4 is 0 Å². The van der Waals surface area contributed by atoms with Crippen molar-refractivity contribution in [2.75, 3.05) is 0 Å². The predicted octanol–water partition coefficient (Wildman–Crippen LogP) is 7.33. The number of hydrogen-bond acceptors (Lipinski definition) is 0. The fraction of sp³-hybridized carbons (Fsp3) is 0.412. The van der Waals surface area contributed by atoms with Gasteiger partial charge in [0.25, 0.3) is 0 Å². The SMILES string of the molecule is FC(F)(F)C(F)(F)C(F)(F)C(Cc1cccc2ccccc12)(C(F)(F)F)C(F)(F)F. The molecule has 168 valence electrons. The highest BCUT2D eigenvalue weighted by Crippen LogP contribution is 2.66. The van der Waals surface area contributed by atoms with E-state index < -0.39 is 53.2 Å². The van der Waals surface area contributed by atoms with Gasteiger partial charge in [0.1, 0.15) is 0 Å². The molecule has 2 rings (SSSR count). The molecule has 30 heavy (non-hydrogen) atoms. The second kappa shape index (κ2) is 6.91. The number of halogens is 13. The van der Waals surface area contributed by atoms with E-state index in [2.05, 4.69) is 0 Å². The average Bonchev–Trinajstić information content (AvgIpc) is 2.56. The van der Waals surface area contributed by atoms with Crippen LogP contribution in [0.25, 0.3) is 10.8 Å². The lowest BCUT2D eigenvalue weighted by Gasteiger charge is -2.45. The van der Waals surface area contributed by atoms with Crippen molar-refractivity contribution in [3.8, 4) is 0 Å². The maximum absolute atomic E-state index is 14.2. The van der Waals surface area contributed by atoms with Crippen molar-refractivity contribution >= 4 is 10.8 Å². The van der Waals surface area contributed by atoms with E-state index in [-0.39, 0.29) is 5.39 Å². The predicted molar refractivity (Wildman–Crippen MR) is 78.1 cm³/mol. The zero-order chi connectivity index (χ0) is 23.4. The maximum atomic E-state index is 14.2. The summed E-state index contributed by atoms with van der Waals surface area (Å²) < 4.78 is 173. The Morgan fingerprint density at radius 1 is 0.500 bits per heavy atom. The van der Waals surface area contributed by atoms with Crippen LogP contribution in [0, 0.1) is 5.41 Å². The van der Waals surface area contributed by atoms with Gasteiger partial charge in [-0.15, -0.1) is 0 Å². The Kier molecular flexibility index (Phi) is 5.54. The maximum Gasteiger partial charge on any atom is 0.459 e. The van der Waals surface area contributed by atoms with E-state index in [9.17, 15) is 57.1 Å². The van der Waals surface area contributed by atoms with Crippen LogP contribution in [0.1, 0.15) is 5.56 Å². The number of rotatable bonds is 4. The lowest BCUT2D eigenvalue weighted by molar-refractivity contribution is -0.459. The van der Waals surface area contributed by atoms with Gasteiger partial charge in [-0.25, -0.2) is 0 Å². The fourth-order valence-electron chi connectivity index (χ4n) is 3.01. The Bertz CT molecular complexity index is 883. The summed E-state index contributed by atoms with van der Waals surface area (Å²) >= 11 is 0. The third-order valence-corrected chi connectivity index (χ3v) is 4.59. The molecule has 0 nitrogen and oxygen atoms in total. The summed E-state index contributed by atoms with van der Waals surface area (Å²) in [4.78, 5) is 0. The highest BCUT2D eigenvalue weighted by molar-refractivity contribution is 5.85. The Hall–Kier alpha value is -2.21. The second-order valence-electron chi connectivity index (χ2n) is 6.36. The molecule has 0 N–H and O–H groups in total. The molecule has 0 heterocycles. The van der Waals surface area contributed by atoms with Gasteiger partial charge >= 0.3 is 30.4 Å². The van der Waals surface area contributed by atoms with Gasteiger partial charge in [-0.3, -0.25) is 0 Å². The topological polar surface area (TPSA) is 0 Å². The van der Waals surface area contributed by atoms with Gasteiger partial charge < -0.3 is 0 Å². The largest absolute Gasteiger partial charge is 0.459 e. The van der Waals surface area contributed by atoms with E-state index in [1.165, 1.54) is 18.2 Å².